The summed E-state index contributed by atoms with van der Waals surface area (Å²) in [5, 5.41) is 6.72. The highest BCUT2D eigenvalue weighted by molar-refractivity contribution is 5.40. The van der Waals surface area contributed by atoms with Gasteiger partial charge < -0.3 is 10.6 Å². The Hall–Kier alpha value is -2.32. The van der Waals surface area contributed by atoms with Gasteiger partial charge >= 0.3 is 0 Å². The first-order valence-electron chi connectivity index (χ1n) is 8.34. The zero-order valence-corrected chi connectivity index (χ0v) is 15.2. The molecular formula is C22H28N2. The van der Waals surface area contributed by atoms with Gasteiger partial charge in [-0.3, -0.25) is 0 Å². The lowest BCUT2D eigenvalue weighted by Crippen LogP contribution is -2.38. The number of likely N-dealkylation sites (N-methyl/N-ethyl adjacent to an activating group) is 1. The fourth-order valence-corrected chi connectivity index (χ4v) is 3.11. The van der Waals surface area contributed by atoms with E-state index in [1.54, 1.807) is 0 Å². The molecule has 0 bridgehead atoms. The van der Waals surface area contributed by atoms with Crippen LogP contribution < -0.4 is 10.6 Å². The zero-order chi connectivity index (χ0) is 17.7. The van der Waals surface area contributed by atoms with Gasteiger partial charge in [0.2, 0.25) is 0 Å². The van der Waals surface area contributed by atoms with Gasteiger partial charge in [0.05, 0.1) is 6.04 Å². The van der Waals surface area contributed by atoms with E-state index >= 15 is 0 Å². The van der Waals surface area contributed by atoms with Crippen LogP contribution in [-0.2, 0) is 0 Å². The highest BCUT2D eigenvalue weighted by Gasteiger charge is 2.26. The SMILES string of the molecule is C=C(C)NC(=C)[C@@H](NC)[C@@H](c1ccc(C)cc1)c1cccc(C)c1. The largest absolute Gasteiger partial charge is 0.362 e. The third-order valence-electron chi connectivity index (χ3n) is 4.23. The number of benzene rings is 2. The molecule has 0 amide bonds. The average molecular weight is 320 g/mol. The molecule has 2 heteroatoms. The summed E-state index contributed by atoms with van der Waals surface area (Å²) in [6.07, 6.45) is 0. The van der Waals surface area contributed by atoms with E-state index in [9.17, 15) is 0 Å². The van der Waals surface area contributed by atoms with Gasteiger partial charge in [-0.2, -0.15) is 0 Å². The van der Waals surface area contributed by atoms with Crippen LogP contribution in [0.4, 0.5) is 0 Å². The topological polar surface area (TPSA) is 24.1 Å². The minimum absolute atomic E-state index is 0.0613. The van der Waals surface area contributed by atoms with Crippen molar-refractivity contribution >= 4 is 0 Å². The molecule has 2 atom stereocenters. The fourth-order valence-electron chi connectivity index (χ4n) is 3.11. The summed E-state index contributed by atoms with van der Waals surface area (Å²) in [4.78, 5) is 0. The van der Waals surface area contributed by atoms with Crippen molar-refractivity contribution in [3.05, 3.63) is 95.3 Å². The monoisotopic (exact) mass is 320 g/mol. The van der Waals surface area contributed by atoms with Gasteiger partial charge in [0.15, 0.2) is 0 Å². The average Bonchev–Trinajstić information content (AvgIpc) is 2.52. The summed E-state index contributed by atoms with van der Waals surface area (Å²) < 4.78 is 0. The van der Waals surface area contributed by atoms with Crippen LogP contribution in [0.15, 0.2) is 73.1 Å². The molecule has 126 valence electrons. The van der Waals surface area contributed by atoms with Gasteiger partial charge in [-0.1, -0.05) is 72.8 Å². The van der Waals surface area contributed by atoms with Crippen molar-refractivity contribution in [1.29, 1.82) is 0 Å². The fraction of sp³-hybridized carbons (Fsp3) is 0.273. The molecule has 0 aromatic heterocycles. The number of aryl methyl sites for hydroxylation is 2. The maximum atomic E-state index is 4.24. The van der Waals surface area contributed by atoms with Gasteiger partial charge in [-0.25, -0.2) is 0 Å². The second-order valence-electron chi connectivity index (χ2n) is 6.50. The predicted octanol–water partition coefficient (Wildman–Crippen LogP) is 4.66. The molecule has 2 aromatic rings. The second kappa shape index (κ2) is 7.98. The maximum Gasteiger partial charge on any atom is 0.0575 e. The summed E-state index contributed by atoms with van der Waals surface area (Å²) in [6, 6.07) is 17.5. The Labute approximate surface area is 146 Å². The minimum Gasteiger partial charge on any atom is -0.362 e. The summed E-state index contributed by atoms with van der Waals surface area (Å²) in [7, 11) is 1.98. The Morgan fingerprint density at radius 1 is 0.917 bits per heavy atom. The Morgan fingerprint density at radius 2 is 1.58 bits per heavy atom. The van der Waals surface area contributed by atoms with Gasteiger partial charge in [0.1, 0.15) is 0 Å². The molecule has 0 fully saturated rings. The lowest BCUT2D eigenvalue weighted by molar-refractivity contribution is 0.547. The smallest absolute Gasteiger partial charge is 0.0575 e. The van der Waals surface area contributed by atoms with Crippen molar-refractivity contribution in [2.24, 2.45) is 0 Å². The number of rotatable bonds is 7. The molecule has 0 saturated carbocycles. The first kappa shape index (κ1) is 18.0. The molecule has 0 saturated heterocycles. The Balaban J connectivity index is 2.50. The molecule has 0 aliphatic heterocycles. The first-order chi connectivity index (χ1) is 11.4. The van der Waals surface area contributed by atoms with Crippen LogP contribution >= 0.6 is 0 Å². The highest BCUT2D eigenvalue weighted by Crippen LogP contribution is 2.31. The van der Waals surface area contributed by atoms with E-state index in [1.807, 2.05) is 14.0 Å². The van der Waals surface area contributed by atoms with E-state index in [0.29, 0.717) is 0 Å². The molecule has 2 nitrogen and oxygen atoms in total. The summed E-state index contributed by atoms with van der Waals surface area (Å²) in [5.74, 6) is 0.176. The molecule has 2 aromatic carbocycles. The normalized spacial score (nSPS) is 13.2. The highest BCUT2D eigenvalue weighted by atomic mass is 15.0. The molecular weight excluding hydrogens is 292 g/mol. The van der Waals surface area contributed by atoms with E-state index in [0.717, 1.165) is 11.4 Å². The molecule has 0 unspecified atom stereocenters. The zero-order valence-electron chi connectivity index (χ0n) is 15.2. The molecule has 24 heavy (non-hydrogen) atoms. The molecule has 0 aliphatic carbocycles. The lowest BCUT2D eigenvalue weighted by Gasteiger charge is -2.30. The first-order valence-corrected chi connectivity index (χ1v) is 8.34. The van der Waals surface area contributed by atoms with Gasteiger partial charge in [0.25, 0.3) is 0 Å². The number of nitrogens with one attached hydrogen (secondary N) is 2. The van der Waals surface area contributed by atoms with Crippen LogP contribution in [0.1, 0.15) is 35.1 Å². The van der Waals surface area contributed by atoms with Crippen LogP contribution in [0.3, 0.4) is 0 Å². The van der Waals surface area contributed by atoms with E-state index in [2.05, 4.69) is 86.2 Å². The van der Waals surface area contributed by atoms with E-state index in [4.69, 9.17) is 0 Å². The van der Waals surface area contributed by atoms with Crippen LogP contribution in [0.25, 0.3) is 0 Å². The Morgan fingerprint density at radius 3 is 2.12 bits per heavy atom. The quantitative estimate of drug-likeness (QED) is 0.775. The van der Waals surface area contributed by atoms with Crippen molar-refractivity contribution in [3.8, 4) is 0 Å². The van der Waals surface area contributed by atoms with E-state index < -0.39 is 0 Å². The Kier molecular flexibility index (Phi) is 5.99. The summed E-state index contributed by atoms with van der Waals surface area (Å²) >= 11 is 0. The number of hydrogen-bond donors (Lipinski definition) is 2. The van der Waals surface area contributed by atoms with Crippen LogP contribution in [0, 0.1) is 13.8 Å². The third-order valence-corrected chi connectivity index (χ3v) is 4.23. The standard InChI is InChI=1S/C22H28N2/c1-15(2)24-18(5)22(23-6)21(19-12-10-16(3)11-13-19)20-9-7-8-17(4)14-20/h7-14,21-24H,1,5H2,2-4,6H3/t21-,22+/m0/s1. The molecule has 0 radical (unpaired) electrons. The lowest BCUT2D eigenvalue weighted by atomic mass is 9.83. The predicted molar refractivity (Wildman–Crippen MR) is 104 cm³/mol. The minimum atomic E-state index is 0.0613. The summed E-state index contributed by atoms with van der Waals surface area (Å²) in [5.41, 5.74) is 6.90. The molecule has 0 aliphatic rings. The summed E-state index contributed by atoms with van der Waals surface area (Å²) in [6.45, 7) is 14.4. The van der Waals surface area contributed by atoms with Crippen molar-refractivity contribution in [1.82, 2.24) is 10.6 Å². The third kappa shape index (κ3) is 4.36. The van der Waals surface area contributed by atoms with Crippen LogP contribution in [0.2, 0.25) is 0 Å². The van der Waals surface area contributed by atoms with Crippen molar-refractivity contribution < 1.29 is 0 Å². The molecule has 2 rings (SSSR count). The molecule has 0 heterocycles. The number of allylic oxidation sites excluding steroid dienone is 1. The van der Waals surface area contributed by atoms with Gasteiger partial charge in [0, 0.05) is 17.3 Å². The van der Waals surface area contributed by atoms with Crippen molar-refractivity contribution in [3.63, 3.8) is 0 Å². The van der Waals surface area contributed by atoms with Crippen molar-refractivity contribution in [2.45, 2.75) is 32.7 Å². The molecule has 0 spiro atoms. The van der Waals surface area contributed by atoms with Crippen LogP contribution in [-0.4, -0.2) is 13.1 Å². The van der Waals surface area contributed by atoms with E-state index in [1.165, 1.54) is 22.3 Å². The second-order valence-corrected chi connectivity index (χ2v) is 6.50. The maximum absolute atomic E-state index is 4.24. The van der Waals surface area contributed by atoms with E-state index in [-0.39, 0.29) is 12.0 Å². The Bertz CT molecular complexity index is 713. The van der Waals surface area contributed by atoms with Gasteiger partial charge in [-0.15, -0.1) is 0 Å². The van der Waals surface area contributed by atoms with Crippen molar-refractivity contribution in [2.75, 3.05) is 7.05 Å². The number of hydrogen-bond acceptors (Lipinski definition) is 2. The molecule has 2 N–H and O–H groups in total. The van der Waals surface area contributed by atoms with Crippen LogP contribution in [0.5, 0.6) is 0 Å². The van der Waals surface area contributed by atoms with Gasteiger partial charge in [-0.05, 0) is 38.9 Å².